The van der Waals surface area contributed by atoms with Crippen molar-refractivity contribution in [2.24, 2.45) is 0 Å². The summed E-state index contributed by atoms with van der Waals surface area (Å²) in [6, 6.07) is 157. The normalized spacial score (nSPS) is 11.7. The average molecular weight is 1860 g/mol. The second-order valence-electron chi connectivity index (χ2n) is 37.2. The number of aryl methyl sites for hydroxylation is 4. The Bertz CT molecular complexity index is 10200. The van der Waals surface area contributed by atoms with E-state index < -0.39 is 0 Å². The molecule has 0 N–H and O–H groups in total. The molecule has 145 heavy (non-hydrogen) atoms. The van der Waals surface area contributed by atoms with Gasteiger partial charge in [-0.3, -0.25) is 9.13 Å². The van der Waals surface area contributed by atoms with Crippen LogP contribution in [-0.4, -0.2) is 49.0 Å². The van der Waals surface area contributed by atoms with Gasteiger partial charge in [0.25, 0.3) is 0 Å². The molecule has 13 nitrogen and oxygen atoms in total. The third-order valence-electron chi connectivity index (χ3n) is 28.3. The summed E-state index contributed by atoms with van der Waals surface area (Å²) in [4.78, 5) is 40.4. The first kappa shape index (κ1) is 85.0. The maximum Gasteiger partial charge on any atom is 0.164 e. The Morgan fingerprint density at radius 1 is 0.172 bits per heavy atom. The van der Waals surface area contributed by atoms with Gasteiger partial charge in [-0.2, -0.15) is 0 Å². The van der Waals surface area contributed by atoms with E-state index in [1.54, 1.807) is 0 Å². The summed E-state index contributed by atoms with van der Waals surface area (Å²) in [6.45, 7) is 8.29. The van der Waals surface area contributed by atoms with Crippen molar-refractivity contribution >= 4 is 153 Å². The van der Waals surface area contributed by atoms with Crippen molar-refractivity contribution in [3.8, 4) is 124 Å². The molecule has 0 bridgehead atoms. The molecule has 0 saturated heterocycles. The number of pyridine rings is 3. The molecule has 20 aromatic carbocycles. The monoisotopic (exact) mass is 1860 g/mol. The smallest absolute Gasteiger partial charge is 0.164 e. The molecule has 13 heteroatoms. The van der Waals surface area contributed by atoms with Crippen LogP contribution in [0.3, 0.4) is 0 Å². The van der Waals surface area contributed by atoms with Gasteiger partial charge in [0, 0.05) is 142 Å². The summed E-state index contributed by atoms with van der Waals surface area (Å²) in [5, 5.41) is 16.6. The number of furan rings is 3. The molecule has 29 aromatic rings. The van der Waals surface area contributed by atoms with E-state index in [1.165, 1.54) is 21.9 Å². The van der Waals surface area contributed by atoms with Gasteiger partial charge < -0.3 is 13.3 Å². The van der Waals surface area contributed by atoms with E-state index in [0.29, 0.717) is 17.5 Å². The molecule has 0 atom stereocenters. The Balaban J connectivity index is 0.000000109. The molecule has 0 aliphatic carbocycles. The Morgan fingerprint density at radius 2 is 0.448 bits per heavy atom. The first-order valence-electron chi connectivity index (χ1n) is 48.9. The van der Waals surface area contributed by atoms with Crippen LogP contribution in [0.5, 0.6) is 0 Å². The lowest BCUT2D eigenvalue weighted by Crippen LogP contribution is -2.00. The van der Waals surface area contributed by atoms with Crippen molar-refractivity contribution in [2.45, 2.75) is 27.7 Å². The van der Waals surface area contributed by atoms with Crippen LogP contribution in [-0.2, 0) is 0 Å². The number of fused-ring (bicyclic) bond motifs is 20. The SMILES string of the molecule is Cc1ccc(-c2nc(-c3ccc(C)cc3)nc(-c3cccc(-c4c5c(cc6c(-c7ccccc7)nc7ccccc7c46)oc4ccccc45)c3)n2)cc1.Cc1nc2ccccc2n1-c1ccc(-c2c3c(cc4c(-c5ccccc5)nc5ccccc5c24)oc2ccccc23)cc1.Cc1nc2ccccc2n1-c1ccc(-c2ccc(-c3c4c(cc5c(-c6ccccc6)nc6ccccc6c35)oc3ccccc34)cc2)cc1. The van der Waals surface area contributed by atoms with Crippen LogP contribution in [0.2, 0.25) is 0 Å². The van der Waals surface area contributed by atoms with E-state index in [0.717, 1.165) is 260 Å². The first-order valence-corrected chi connectivity index (χ1v) is 48.9. The molecule has 0 unspecified atom stereocenters. The molecular weight excluding hydrogens is 1770 g/mol. The molecular formula is C132H86N10O3. The van der Waals surface area contributed by atoms with E-state index in [-0.39, 0.29) is 0 Å². The highest BCUT2D eigenvalue weighted by Gasteiger charge is 2.28. The molecule has 682 valence electrons. The second kappa shape index (κ2) is 35.0. The topological polar surface area (TPSA) is 152 Å². The Labute approximate surface area is 832 Å². The number of para-hydroxylation sites is 10. The summed E-state index contributed by atoms with van der Waals surface area (Å²) < 4.78 is 24.2. The van der Waals surface area contributed by atoms with Gasteiger partial charge in [-0.25, -0.2) is 39.9 Å². The fourth-order valence-corrected chi connectivity index (χ4v) is 21.6. The third-order valence-corrected chi connectivity index (χ3v) is 28.3. The minimum absolute atomic E-state index is 0.609. The quantitative estimate of drug-likeness (QED) is 0.107. The van der Waals surface area contributed by atoms with Gasteiger partial charge in [-0.1, -0.05) is 351 Å². The summed E-state index contributed by atoms with van der Waals surface area (Å²) in [5.41, 5.74) is 34.6. The zero-order chi connectivity index (χ0) is 96.4. The van der Waals surface area contributed by atoms with Crippen molar-refractivity contribution < 1.29 is 13.3 Å². The number of benzene rings is 20. The van der Waals surface area contributed by atoms with Crippen molar-refractivity contribution in [3.63, 3.8) is 0 Å². The average Bonchev–Trinajstić information content (AvgIpc) is 1.65. The van der Waals surface area contributed by atoms with Crippen LogP contribution in [0.15, 0.2) is 462 Å². The maximum absolute atomic E-state index is 6.63. The van der Waals surface area contributed by atoms with E-state index in [4.69, 9.17) is 53.1 Å². The van der Waals surface area contributed by atoms with Gasteiger partial charge >= 0.3 is 0 Å². The molecule has 29 rings (SSSR count). The van der Waals surface area contributed by atoms with Crippen molar-refractivity contribution in [1.29, 1.82) is 0 Å². The zero-order valence-corrected chi connectivity index (χ0v) is 79.4. The summed E-state index contributed by atoms with van der Waals surface area (Å²) in [6.07, 6.45) is 0. The van der Waals surface area contributed by atoms with Crippen LogP contribution < -0.4 is 0 Å². The van der Waals surface area contributed by atoms with E-state index in [1.807, 2.05) is 60.7 Å². The van der Waals surface area contributed by atoms with Gasteiger partial charge in [0.15, 0.2) is 17.5 Å². The van der Waals surface area contributed by atoms with Gasteiger partial charge in [-0.05, 0) is 165 Å². The molecule has 0 aliphatic rings. The molecule has 0 fully saturated rings. The largest absolute Gasteiger partial charge is 0.456 e. The lowest BCUT2D eigenvalue weighted by atomic mass is 9.89. The number of imidazole rings is 2. The minimum atomic E-state index is 0.609. The maximum atomic E-state index is 6.63. The number of hydrogen-bond donors (Lipinski definition) is 0. The molecule has 0 radical (unpaired) electrons. The van der Waals surface area contributed by atoms with Crippen LogP contribution >= 0.6 is 0 Å². The lowest BCUT2D eigenvalue weighted by molar-refractivity contribution is 0.669. The Morgan fingerprint density at radius 3 is 0.821 bits per heavy atom. The van der Waals surface area contributed by atoms with Crippen LogP contribution in [0.4, 0.5) is 0 Å². The molecule has 0 spiro atoms. The lowest BCUT2D eigenvalue weighted by Gasteiger charge is -2.16. The highest BCUT2D eigenvalue weighted by molar-refractivity contribution is 6.31. The summed E-state index contributed by atoms with van der Waals surface area (Å²) in [5.74, 6) is 3.82. The predicted octanol–water partition coefficient (Wildman–Crippen LogP) is 34.6. The Kier molecular flexibility index (Phi) is 20.5. The highest BCUT2D eigenvalue weighted by Crippen LogP contribution is 2.52. The first-order chi connectivity index (χ1) is 71.5. The van der Waals surface area contributed by atoms with E-state index >= 15 is 0 Å². The fourth-order valence-electron chi connectivity index (χ4n) is 21.6. The van der Waals surface area contributed by atoms with E-state index in [9.17, 15) is 0 Å². The molecule has 9 aromatic heterocycles. The predicted molar refractivity (Wildman–Crippen MR) is 596 cm³/mol. The highest BCUT2D eigenvalue weighted by atomic mass is 16.3. The summed E-state index contributed by atoms with van der Waals surface area (Å²) in [7, 11) is 0. The van der Waals surface area contributed by atoms with Gasteiger partial charge in [-0.15, -0.1) is 0 Å². The molecule has 0 aliphatic heterocycles. The number of hydrogen-bond acceptors (Lipinski definition) is 11. The van der Waals surface area contributed by atoms with Crippen molar-refractivity contribution in [2.75, 3.05) is 0 Å². The zero-order valence-electron chi connectivity index (χ0n) is 79.4. The summed E-state index contributed by atoms with van der Waals surface area (Å²) >= 11 is 0. The third kappa shape index (κ3) is 14.8. The van der Waals surface area contributed by atoms with Crippen molar-refractivity contribution in [3.05, 3.63) is 472 Å². The molecule has 0 saturated carbocycles. The van der Waals surface area contributed by atoms with Gasteiger partial charge in [0.2, 0.25) is 0 Å². The van der Waals surface area contributed by atoms with Crippen molar-refractivity contribution in [1.82, 2.24) is 49.0 Å². The van der Waals surface area contributed by atoms with Gasteiger partial charge in [0.1, 0.15) is 45.1 Å². The Hall–Kier alpha value is -19.2. The van der Waals surface area contributed by atoms with Crippen LogP contribution in [0, 0.1) is 27.7 Å². The second-order valence-corrected chi connectivity index (χ2v) is 37.2. The fraction of sp³-hybridized carbons (Fsp3) is 0.0303. The molecule has 0 amide bonds. The van der Waals surface area contributed by atoms with E-state index in [2.05, 4.69) is 425 Å². The number of nitrogens with zero attached hydrogens (tertiary/aromatic N) is 10. The standard InChI is InChI=1S/C48H32N4O.C45H29N3O.C39H25N3O/c1-29-19-23-32(24-20-29)46-50-47(33-25-21-30(2)22-26-33)52-48(51-46)35-14-10-13-34(27-35)42-43-36-15-6-8-17-39(36)49-45(31-11-4-3-5-12-31)38(43)28-41-44(42)37-16-7-9-18-40(37)53-41;1-28-46-38-16-8-9-17-39(38)48(28)33-25-23-30(24-26-33)29-19-21-31(22-20-29)42-43-34-13-5-7-15-37(34)47-45(32-11-3-2-4-12-32)36(43)27-41-44(42)35-14-6-10-18-40(35)49-41;1-24-40-32-16-8-9-17-33(32)42(24)27-21-19-25(20-22-27)36-37-28-13-5-7-15-31(28)41-39(26-11-3-2-4-12-26)30(37)23-35-38(36)29-14-6-10-18-34(29)43-35/h3-28H,1-2H3;2-27H,1H3;2-23H,1H3. The van der Waals surface area contributed by atoms with Crippen LogP contribution in [0.25, 0.3) is 277 Å². The minimum Gasteiger partial charge on any atom is -0.456 e. The molecule has 9 heterocycles. The van der Waals surface area contributed by atoms with Crippen LogP contribution in [0.1, 0.15) is 22.8 Å². The van der Waals surface area contributed by atoms with Gasteiger partial charge in [0.05, 0.1) is 55.7 Å². The number of rotatable bonds is 12. The number of aromatic nitrogens is 10.